The Bertz CT molecular complexity index is 873. The number of aromatic nitrogens is 1. The SMILES string of the molecule is COc1ccc2[nH]c(=O)cc(C=C3C(=O)C4CCN3CC4)c2c1. The van der Waals surface area contributed by atoms with Gasteiger partial charge >= 0.3 is 0 Å². The van der Waals surface area contributed by atoms with E-state index in [1.165, 1.54) is 0 Å². The van der Waals surface area contributed by atoms with E-state index in [1.54, 1.807) is 13.2 Å². The quantitative estimate of drug-likeness (QED) is 0.864. The maximum absolute atomic E-state index is 12.5. The smallest absolute Gasteiger partial charge is 0.249 e. The molecule has 0 unspecified atom stereocenters. The van der Waals surface area contributed by atoms with Crippen LogP contribution < -0.4 is 10.3 Å². The van der Waals surface area contributed by atoms with Crippen LogP contribution in [0.3, 0.4) is 0 Å². The highest BCUT2D eigenvalue weighted by Gasteiger charge is 2.36. The molecule has 2 bridgehead atoms. The molecule has 0 saturated carbocycles. The minimum absolute atomic E-state index is 0.147. The van der Waals surface area contributed by atoms with Crippen molar-refractivity contribution in [2.45, 2.75) is 12.8 Å². The molecule has 3 aliphatic rings. The number of rotatable bonds is 2. The average molecular weight is 310 g/mol. The number of nitrogens with zero attached hydrogens (tertiary/aromatic N) is 1. The molecule has 23 heavy (non-hydrogen) atoms. The molecule has 0 aliphatic carbocycles. The van der Waals surface area contributed by atoms with Crippen LogP contribution in [0.4, 0.5) is 0 Å². The van der Waals surface area contributed by atoms with Crippen molar-refractivity contribution in [3.8, 4) is 5.75 Å². The van der Waals surface area contributed by atoms with Gasteiger partial charge in [0.25, 0.3) is 0 Å². The van der Waals surface area contributed by atoms with Gasteiger partial charge in [0.15, 0.2) is 5.78 Å². The summed E-state index contributed by atoms with van der Waals surface area (Å²) in [6.45, 7) is 1.85. The summed E-state index contributed by atoms with van der Waals surface area (Å²) >= 11 is 0. The number of H-pyrrole nitrogens is 1. The van der Waals surface area contributed by atoms with Crippen molar-refractivity contribution in [1.29, 1.82) is 0 Å². The molecule has 5 heteroatoms. The van der Waals surface area contributed by atoms with Crippen molar-refractivity contribution >= 4 is 22.8 Å². The third-order valence-corrected chi connectivity index (χ3v) is 4.83. The second-order valence-corrected chi connectivity index (χ2v) is 6.16. The van der Waals surface area contributed by atoms with Gasteiger partial charge in [0.2, 0.25) is 5.56 Å². The number of carbonyl (C=O) groups excluding carboxylic acids is 1. The standard InChI is InChI=1S/C18H18N2O3/c1-23-13-2-3-15-14(10-13)12(9-17(21)19-15)8-16-18(22)11-4-6-20(16)7-5-11/h2-3,8-11H,4-7H2,1H3,(H,19,21). The topological polar surface area (TPSA) is 62.4 Å². The van der Waals surface area contributed by atoms with Crippen molar-refractivity contribution in [2.24, 2.45) is 5.92 Å². The Labute approximate surface area is 133 Å². The maximum Gasteiger partial charge on any atom is 0.249 e. The van der Waals surface area contributed by atoms with Gasteiger partial charge in [-0.25, -0.2) is 0 Å². The number of benzene rings is 1. The lowest BCUT2D eigenvalue weighted by Crippen LogP contribution is -2.45. The molecule has 1 aromatic carbocycles. The van der Waals surface area contributed by atoms with Crippen molar-refractivity contribution < 1.29 is 9.53 Å². The van der Waals surface area contributed by atoms with E-state index < -0.39 is 0 Å². The number of hydrogen-bond acceptors (Lipinski definition) is 4. The molecule has 2 aromatic rings. The van der Waals surface area contributed by atoms with Crippen molar-refractivity contribution in [1.82, 2.24) is 9.88 Å². The number of methoxy groups -OCH3 is 1. The molecule has 0 atom stereocenters. The Morgan fingerprint density at radius 3 is 2.70 bits per heavy atom. The Morgan fingerprint density at radius 2 is 2.00 bits per heavy atom. The van der Waals surface area contributed by atoms with E-state index >= 15 is 0 Å². The van der Waals surface area contributed by atoms with Crippen LogP contribution in [-0.2, 0) is 4.79 Å². The zero-order valence-corrected chi connectivity index (χ0v) is 13.0. The third-order valence-electron chi connectivity index (χ3n) is 4.83. The number of hydrogen-bond donors (Lipinski definition) is 1. The van der Waals surface area contributed by atoms with Gasteiger partial charge in [0.05, 0.1) is 12.8 Å². The predicted octanol–water partition coefficient (Wildman–Crippen LogP) is 2.17. The van der Waals surface area contributed by atoms with E-state index in [0.717, 1.165) is 53.8 Å². The summed E-state index contributed by atoms with van der Waals surface area (Å²) < 4.78 is 5.28. The lowest BCUT2D eigenvalue weighted by atomic mass is 9.84. The van der Waals surface area contributed by atoms with E-state index in [0.29, 0.717) is 0 Å². The highest BCUT2D eigenvalue weighted by molar-refractivity contribution is 6.03. The summed E-state index contributed by atoms with van der Waals surface area (Å²) in [7, 11) is 1.61. The molecule has 5 rings (SSSR count). The third kappa shape index (κ3) is 2.32. The number of allylic oxidation sites excluding steroid dienone is 1. The van der Waals surface area contributed by atoms with Crippen LogP contribution in [0.15, 0.2) is 34.8 Å². The van der Waals surface area contributed by atoms with Gasteiger partial charge < -0.3 is 14.6 Å². The normalized spacial score (nSPS) is 19.8. The van der Waals surface area contributed by atoms with Crippen LogP contribution in [0.2, 0.25) is 0 Å². The van der Waals surface area contributed by atoms with Crippen molar-refractivity contribution in [2.75, 3.05) is 20.2 Å². The number of pyridine rings is 1. The number of fused-ring (bicyclic) bond motifs is 4. The molecule has 1 N–H and O–H groups in total. The summed E-state index contributed by atoms with van der Waals surface area (Å²) in [5.74, 6) is 1.08. The van der Waals surface area contributed by atoms with Gasteiger partial charge in [0.1, 0.15) is 5.75 Å². The van der Waals surface area contributed by atoms with Gasteiger partial charge in [-0.05, 0) is 42.7 Å². The second-order valence-electron chi connectivity index (χ2n) is 6.16. The molecule has 5 nitrogen and oxygen atoms in total. The van der Waals surface area contributed by atoms with E-state index in [4.69, 9.17) is 4.74 Å². The first-order chi connectivity index (χ1) is 11.2. The fourth-order valence-electron chi connectivity index (χ4n) is 3.56. The molecular weight excluding hydrogens is 292 g/mol. The van der Waals surface area contributed by atoms with Gasteiger partial charge in [-0.15, -0.1) is 0 Å². The molecule has 118 valence electrons. The number of carbonyl (C=O) groups is 1. The van der Waals surface area contributed by atoms with Crippen LogP contribution in [0.5, 0.6) is 5.75 Å². The number of aromatic amines is 1. The highest BCUT2D eigenvalue weighted by Crippen LogP contribution is 2.33. The Hall–Kier alpha value is -2.56. The first kappa shape index (κ1) is 14.1. The monoisotopic (exact) mass is 310 g/mol. The van der Waals surface area contributed by atoms with Crippen LogP contribution in [0.25, 0.3) is 17.0 Å². The number of nitrogens with one attached hydrogen (secondary N) is 1. The van der Waals surface area contributed by atoms with Crippen LogP contribution in [-0.4, -0.2) is 35.9 Å². The van der Waals surface area contributed by atoms with Gasteiger partial charge in [-0.3, -0.25) is 9.59 Å². The molecule has 3 saturated heterocycles. The number of Topliss-reactive ketones (excluding diaryl/α,β-unsaturated/α-hetero) is 1. The second kappa shape index (κ2) is 5.26. The van der Waals surface area contributed by atoms with Crippen LogP contribution in [0, 0.1) is 5.92 Å². The minimum atomic E-state index is -0.169. The molecule has 0 amide bonds. The first-order valence-corrected chi connectivity index (χ1v) is 7.87. The lowest BCUT2D eigenvalue weighted by molar-refractivity contribution is -0.125. The Kier molecular flexibility index (Phi) is 3.22. The van der Waals surface area contributed by atoms with E-state index in [1.807, 2.05) is 24.3 Å². The number of piperidine rings is 3. The van der Waals surface area contributed by atoms with Crippen LogP contribution >= 0.6 is 0 Å². The largest absolute Gasteiger partial charge is 0.497 e. The van der Waals surface area contributed by atoms with E-state index in [-0.39, 0.29) is 17.3 Å². The summed E-state index contributed by atoms with van der Waals surface area (Å²) in [4.78, 5) is 29.4. The summed E-state index contributed by atoms with van der Waals surface area (Å²) in [6.07, 6.45) is 3.75. The Morgan fingerprint density at radius 1 is 1.22 bits per heavy atom. The Balaban J connectivity index is 1.89. The zero-order valence-electron chi connectivity index (χ0n) is 13.0. The van der Waals surface area contributed by atoms with Gasteiger partial charge in [0, 0.05) is 36.0 Å². The summed E-state index contributed by atoms with van der Waals surface area (Å²) in [5.41, 5.74) is 2.08. The molecule has 0 radical (unpaired) electrons. The molecule has 0 spiro atoms. The summed E-state index contributed by atoms with van der Waals surface area (Å²) in [6, 6.07) is 7.07. The van der Waals surface area contributed by atoms with Crippen molar-refractivity contribution in [3.63, 3.8) is 0 Å². The van der Waals surface area contributed by atoms with E-state index in [9.17, 15) is 9.59 Å². The maximum atomic E-state index is 12.5. The number of ketones is 1. The number of ether oxygens (including phenoxy) is 1. The minimum Gasteiger partial charge on any atom is -0.497 e. The zero-order chi connectivity index (χ0) is 16.0. The fraction of sp³-hybridized carbons (Fsp3) is 0.333. The average Bonchev–Trinajstić information content (AvgIpc) is 2.58. The predicted molar refractivity (Wildman–Crippen MR) is 88.4 cm³/mol. The molecule has 1 aromatic heterocycles. The van der Waals surface area contributed by atoms with Crippen LogP contribution in [0.1, 0.15) is 18.4 Å². The first-order valence-electron chi connectivity index (χ1n) is 7.87. The van der Waals surface area contributed by atoms with Gasteiger partial charge in [-0.1, -0.05) is 0 Å². The van der Waals surface area contributed by atoms with Gasteiger partial charge in [-0.2, -0.15) is 0 Å². The highest BCUT2D eigenvalue weighted by atomic mass is 16.5. The summed E-state index contributed by atoms with van der Waals surface area (Å²) in [5, 5.41) is 0.881. The molecule has 3 fully saturated rings. The fourth-order valence-corrected chi connectivity index (χ4v) is 3.56. The molecular formula is C18H18N2O3. The molecule has 3 aliphatic heterocycles. The van der Waals surface area contributed by atoms with Crippen molar-refractivity contribution in [3.05, 3.63) is 45.9 Å². The van der Waals surface area contributed by atoms with E-state index in [2.05, 4.69) is 9.88 Å². The lowest BCUT2D eigenvalue weighted by Gasteiger charge is -2.41. The molecule has 4 heterocycles.